The average Bonchev–Trinajstić information content (AvgIpc) is 2.53. The Kier molecular flexibility index (Phi) is 3.98. The molecule has 2 aromatic carbocycles. The summed E-state index contributed by atoms with van der Waals surface area (Å²) >= 11 is 0. The zero-order valence-corrected chi connectivity index (χ0v) is 12.2. The van der Waals surface area contributed by atoms with Crippen molar-refractivity contribution in [2.24, 2.45) is 0 Å². The Hall–Kier alpha value is -2.19. The fourth-order valence-corrected chi connectivity index (χ4v) is 2.78. The van der Waals surface area contributed by atoms with Crippen LogP contribution in [0.3, 0.4) is 0 Å². The van der Waals surface area contributed by atoms with Gasteiger partial charge in [-0.25, -0.2) is 0 Å². The number of aryl methyl sites for hydroxylation is 2. The molecule has 3 aromatic rings. The number of aliphatic hydroxyl groups is 1. The lowest BCUT2D eigenvalue weighted by Gasteiger charge is -2.14. The third kappa shape index (κ3) is 2.96. The minimum Gasteiger partial charge on any atom is -0.388 e. The molecule has 106 valence electrons. The molecule has 0 bridgehead atoms. The van der Waals surface area contributed by atoms with Crippen molar-refractivity contribution in [3.8, 4) is 0 Å². The standard InChI is InChI=1S/C19H19NO/c1-14-5-2-3-6-15(14)9-10-19(21)18-8-4-7-16-13-20-12-11-17(16)18/h2-8,11-13,19,21H,9-10H2,1H3. The molecule has 0 spiro atoms. The summed E-state index contributed by atoms with van der Waals surface area (Å²) in [5.74, 6) is 0. The predicted octanol–water partition coefficient (Wildman–Crippen LogP) is 4.21. The minimum absolute atomic E-state index is 0.448. The summed E-state index contributed by atoms with van der Waals surface area (Å²) in [5.41, 5.74) is 3.58. The molecule has 0 saturated heterocycles. The van der Waals surface area contributed by atoms with Crippen molar-refractivity contribution in [1.29, 1.82) is 0 Å². The molecule has 21 heavy (non-hydrogen) atoms. The Bertz CT molecular complexity index is 746. The molecule has 0 amide bonds. The molecule has 1 aromatic heterocycles. The second-order valence-corrected chi connectivity index (χ2v) is 5.43. The van der Waals surface area contributed by atoms with Gasteiger partial charge in [0.25, 0.3) is 0 Å². The number of aromatic nitrogens is 1. The molecule has 0 saturated carbocycles. The highest BCUT2D eigenvalue weighted by atomic mass is 16.3. The smallest absolute Gasteiger partial charge is 0.0799 e. The lowest BCUT2D eigenvalue weighted by Crippen LogP contribution is -2.01. The maximum absolute atomic E-state index is 10.6. The molecule has 0 aliphatic heterocycles. The zero-order valence-electron chi connectivity index (χ0n) is 12.2. The summed E-state index contributed by atoms with van der Waals surface area (Å²) in [7, 11) is 0. The van der Waals surface area contributed by atoms with Crippen molar-refractivity contribution < 1.29 is 5.11 Å². The Morgan fingerprint density at radius 3 is 2.76 bits per heavy atom. The lowest BCUT2D eigenvalue weighted by atomic mass is 9.96. The molecule has 0 aliphatic carbocycles. The number of pyridine rings is 1. The molecular weight excluding hydrogens is 258 g/mol. The van der Waals surface area contributed by atoms with Crippen LogP contribution < -0.4 is 0 Å². The third-order valence-electron chi connectivity index (χ3n) is 4.02. The summed E-state index contributed by atoms with van der Waals surface area (Å²) in [6, 6.07) is 16.3. The van der Waals surface area contributed by atoms with E-state index in [-0.39, 0.29) is 0 Å². The van der Waals surface area contributed by atoms with E-state index in [0.717, 1.165) is 29.2 Å². The van der Waals surface area contributed by atoms with Crippen LogP contribution in [0.4, 0.5) is 0 Å². The number of aliphatic hydroxyl groups excluding tert-OH is 1. The molecule has 0 aliphatic rings. The van der Waals surface area contributed by atoms with Crippen molar-refractivity contribution in [2.75, 3.05) is 0 Å². The van der Waals surface area contributed by atoms with E-state index < -0.39 is 6.10 Å². The number of nitrogens with zero attached hydrogens (tertiary/aromatic N) is 1. The van der Waals surface area contributed by atoms with Gasteiger partial charge in [0, 0.05) is 17.8 Å². The second kappa shape index (κ2) is 6.06. The van der Waals surface area contributed by atoms with Gasteiger partial charge in [-0.05, 0) is 47.9 Å². The molecule has 1 N–H and O–H groups in total. The average molecular weight is 277 g/mol. The Morgan fingerprint density at radius 1 is 1.05 bits per heavy atom. The van der Waals surface area contributed by atoms with Crippen molar-refractivity contribution in [3.05, 3.63) is 77.6 Å². The van der Waals surface area contributed by atoms with E-state index in [9.17, 15) is 5.11 Å². The Morgan fingerprint density at radius 2 is 1.90 bits per heavy atom. The van der Waals surface area contributed by atoms with E-state index >= 15 is 0 Å². The van der Waals surface area contributed by atoms with Crippen LogP contribution in [0.1, 0.15) is 29.2 Å². The summed E-state index contributed by atoms with van der Waals surface area (Å²) in [5, 5.41) is 12.7. The van der Waals surface area contributed by atoms with Gasteiger partial charge in [0.15, 0.2) is 0 Å². The first-order valence-corrected chi connectivity index (χ1v) is 7.31. The second-order valence-electron chi connectivity index (χ2n) is 5.43. The lowest BCUT2D eigenvalue weighted by molar-refractivity contribution is 0.169. The fourth-order valence-electron chi connectivity index (χ4n) is 2.78. The highest BCUT2D eigenvalue weighted by molar-refractivity contribution is 5.85. The number of hydrogen-bond acceptors (Lipinski definition) is 2. The van der Waals surface area contributed by atoms with Crippen LogP contribution >= 0.6 is 0 Å². The van der Waals surface area contributed by atoms with Crippen LogP contribution in [0.15, 0.2) is 60.9 Å². The van der Waals surface area contributed by atoms with Gasteiger partial charge in [-0.1, -0.05) is 42.5 Å². The van der Waals surface area contributed by atoms with Gasteiger partial charge in [-0.3, -0.25) is 4.98 Å². The molecule has 3 rings (SSSR count). The Labute approximate surface area is 125 Å². The summed E-state index contributed by atoms with van der Waals surface area (Å²) in [4.78, 5) is 4.14. The van der Waals surface area contributed by atoms with Crippen LogP contribution in [0.25, 0.3) is 10.8 Å². The third-order valence-corrected chi connectivity index (χ3v) is 4.02. The van der Waals surface area contributed by atoms with Gasteiger partial charge < -0.3 is 5.11 Å². The first-order valence-electron chi connectivity index (χ1n) is 7.31. The Balaban J connectivity index is 1.81. The first-order chi connectivity index (χ1) is 10.3. The van der Waals surface area contributed by atoms with E-state index in [1.165, 1.54) is 11.1 Å². The van der Waals surface area contributed by atoms with Crippen molar-refractivity contribution in [3.63, 3.8) is 0 Å². The monoisotopic (exact) mass is 277 g/mol. The normalized spacial score (nSPS) is 12.5. The van der Waals surface area contributed by atoms with Crippen LogP contribution in [0.5, 0.6) is 0 Å². The summed E-state index contributed by atoms with van der Waals surface area (Å²) in [6.45, 7) is 2.12. The molecule has 1 unspecified atom stereocenters. The van der Waals surface area contributed by atoms with Gasteiger partial charge in [-0.15, -0.1) is 0 Å². The van der Waals surface area contributed by atoms with Crippen LogP contribution in [-0.2, 0) is 6.42 Å². The minimum atomic E-state index is -0.448. The van der Waals surface area contributed by atoms with Crippen molar-refractivity contribution in [2.45, 2.75) is 25.9 Å². The summed E-state index contributed by atoms with van der Waals surface area (Å²) < 4.78 is 0. The summed E-state index contributed by atoms with van der Waals surface area (Å²) in [6.07, 6.45) is 4.78. The molecule has 1 atom stereocenters. The zero-order chi connectivity index (χ0) is 14.7. The number of rotatable bonds is 4. The van der Waals surface area contributed by atoms with Crippen LogP contribution in [0, 0.1) is 6.92 Å². The maximum atomic E-state index is 10.6. The quantitative estimate of drug-likeness (QED) is 0.775. The van der Waals surface area contributed by atoms with Crippen LogP contribution in [0.2, 0.25) is 0 Å². The molecule has 0 radical (unpaired) electrons. The molecule has 2 heteroatoms. The molecular formula is C19H19NO. The highest BCUT2D eigenvalue weighted by Gasteiger charge is 2.11. The van der Waals surface area contributed by atoms with Crippen molar-refractivity contribution >= 4 is 10.8 Å². The number of benzene rings is 2. The molecule has 2 nitrogen and oxygen atoms in total. The highest BCUT2D eigenvalue weighted by Crippen LogP contribution is 2.27. The van der Waals surface area contributed by atoms with E-state index in [1.807, 2.05) is 36.5 Å². The maximum Gasteiger partial charge on any atom is 0.0799 e. The fraction of sp³-hybridized carbons (Fsp3) is 0.211. The van der Waals surface area contributed by atoms with Crippen molar-refractivity contribution in [1.82, 2.24) is 4.98 Å². The first kappa shape index (κ1) is 13.8. The van der Waals surface area contributed by atoms with Gasteiger partial charge in [0.05, 0.1) is 6.10 Å². The van der Waals surface area contributed by atoms with Gasteiger partial charge in [-0.2, -0.15) is 0 Å². The molecule has 1 heterocycles. The SMILES string of the molecule is Cc1ccccc1CCC(O)c1cccc2cnccc12. The van der Waals surface area contributed by atoms with E-state index in [2.05, 4.69) is 30.1 Å². The largest absolute Gasteiger partial charge is 0.388 e. The van der Waals surface area contributed by atoms with Gasteiger partial charge in [0.2, 0.25) is 0 Å². The van der Waals surface area contributed by atoms with E-state index in [1.54, 1.807) is 6.20 Å². The molecule has 0 fully saturated rings. The topological polar surface area (TPSA) is 33.1 Å². The van der Waals surface area contributed by atoms with E-state index in [0.29, 0.717) is 0 Å². The van der Waals surface area contributed by atoms with E-state index in [4.69, 9.17) is 0 Å². The number of fused-ring (bicyclic) bond motifs is 1. The van der Waals surface area contributed by atoms with Gasteiger partial charge in [0.1, 0.15) is 0 Å². The van der Waals surface area contributed by atoms with Crippen LogP contribution in [-0.4, -0.2) is 10.1 Å². The van der Waals surface area contributed by atoms with Gasteiger partial charge >= 0.3 is 0 Å². The predicted molar refractivity (Wildman–Crippen MR) is 86.2 cm³/mol. The number of hydrogen-bond donors (Lipinski definition) is 1.